The Hall–Kier alpha value is -2.26. The molecule has 1 N–H and O–H groups in total. The number of aryl methyl sites for hydroxylation is 1. The molecule has 94 valence electrons. The number of rotatable bonds is 2. The minimum Gasteiger partial charge on any atom is -0.382 e. The third kappa shape index (κ3) is 2.09. The number of aliphatic hydroxyl groups excluding tert-OH is 1. The Morgan fingerprint density at radius 3 is 2.53 bits per heavy atom. The molecule has 3 heteroatoms. The minimum atomic E-state index is -0.750. The fourth-order valence-corrected chi connectivity index (χ4v) is 2.28. The highest BCUT2D eigenvalue weighted by atomic mass is 16.3. The van der Waals surface area contributed by atoms with Gasteiger partial charge in [0.25, 0.3) is 0 Å². The molecule has 0 bridgehead atoms. The molecule has 2 heterocycles. The lowest BCUT2D eigenvalue weighted by atomic mass is 10.00. The van der Waals surface area contributed by atoms with E-state index < -0.39 is 6.10 Å². The van der Waals surface area contributed by atoms with E-state index in [0.29, 0.717) is 5.69 Å². The zero-order valence-electron chi connectivity index (χ0n) is 10.6. The normalized spacial score (nSPS) is 12.5. The molecule has 3 aromatic rings. The second kappa shape index (κ2) is 4.78. The summed E-state index contributed by atoms with van der Waals surface area (Å²) < 4.78 is 0. The number of benzene rings is 1. The molecule has 0 amide bonds. The van der Waals surface area contributed by atoms with Gasteiger partial charge in [0.05, 0.1) is 11.2 Å². The highest BCUT2D eigenvalue weighted by Gasteiger charge is 2.17. The van der Waals surface area contributed by atoms with Crippen LogP contribution in [0.1, 0.15) is 22.9 Å². The molecule has 3 nitrogen and oxygen atoms in total. The number of pyridine rings is 2. The Morgan fingerprint density at radius 1 is 0.947 bits per heavy atom. The van der Waals surface area contributed by atoms with Crippen LogP contribution in [0.2, 0.25) is 0 Å². The molecule has 1 atom stereocenters. The van der Waals surface area contributed by atoms with Crippen LogP contribution in [0.25, 0.3) is 10.9 Å². The molecular weight excluding hydrogens is 236 g/mol. The van der Waals surface area contributed by atoms with E-state index in [-0.39, 0.29) is 0 Å². The van der Waals surface area contributed by atoms with Gasteiger partial charge >= 0.3 is 0 Å². The predicted octanol–water partition coefficient (Wildman–Crippen LogP) is 3.02. The van der Waals surface area contributed by atoms with E-state index in [9.17, 15) is 5.11 Å². The van der Waals surface area contributed by atoms with Crippen molar-refractivity contribution in [3.05, 3.63) is 71.7 Å². The van der Waals surface area contributed by atoms with Gasteiger partial charge in [-0.1, -0.05) is 30.3 Å². The monoisotopic (exact) mass is 250 g/mol. The van der Waals surface area contributed by atoms with Gasteiger partial charge in [-0.2, -0.15) is 0 Å². The Kier molecular flexibility index (Phi) is 2.97. The van der Waals surface area contributed by atoms with Crippen LogP contribution in [-0.4, -0.2) is 15.1 Å². The summed E-state index contributed by atoms with van der Waals surface area (Å²) in [6.07, 6.45) is 2.69. The molecule has 2 aromatic heterocycles. The summed E-state index contributed by atoms with van der Waals surface area (Å²) >= 11 is 0. The maximum Gasteiger partial charge on any atom is 0.123 e. The topological polar surface area (TPSA) is 46.0 Å². The fraction of sp³-hybridized carbons (Fsp3) is 0.125. The molecule has 0 fully saturated rings. The largest absolute Gasteiger partial charge is 0.382 e. The molecule has 19 heavy (non-hydrogen) atoms. The van der Waals surface area contributed by atoms with Crippen molar-refractivity contribution in [3.63, 3.8) is 0 Å². The second-order valence-corrected chi connectivity index (χ2v) is 4.53. The van der Waals surface area contributed by atoms with Crippen LogP contribution in [0.3, 0.4) is 0 Å². The Morgan fingerprint density at radius 2 is 1.68 bits per heavy atom. The van der Waals surface area contributed by atoms with Crippen molar-refractivity contribution >= 4 is 10.9 Å². The van der Waals surface area contributed by atoms with Crippen LogP contribution in [-0.2, 0) is 0 Å². The average molecular weight is 250 g/mol. The minimum absolute atomic E-state index is 0.681. The molecule has 3 rings (SSSR count). The first-order valence-corrected chi connectivity index (χ1v) is 6.20. The molecule has 0 aliphatic rings. The van der Waals surface area contributed by atoms with E-state index in [1.165, 1.54) is 0 Å². The van der Waals surface area contributed by atoms with Gasteiger partial charge in [0.1, 0.15) is 6.10 Å². The summed E-state index contributed by atoms with van der Waals surface area (Å²) in [5, 5.41) is 11.6. The SMILES string of the molecule is Cc1cccnc1C(O)c1cccc2cccnc12. The van der Waals surface area contributed by atoms with Crippen LogP contribution in [0.5, 0.6) is 0 Å². The fourth-order valence-electron chi connectivity index (χ4n) is 2.28. The Labute approximate surface area is 111 Å². The van der Waals surface area contributed by atoms with Gasteiger partial charge < -0.3 is 5.11 Å². The molecule has 0 radical (unpaired) electrons. The molecule has 0 spiro atoms. The van der Waals surface area contributed by atoms with E-state index in [1.54, 1.807) is 12.4 Å². The number of fused-ring (bicyclic) bond motifs is 1. The van der Waals surface area contributed by atoms with Crippen LogP contribution in [0.15, 0.2) is 54.9 Å². The van der Waals surface area contributed by atoms with Crippen LogP contribution < -0.4 is 0 Å². The average Bonchev–Trinajstić information content (AvgIpc) is 2.46. The zero-order chi connectivity index (χ0) is 13.2. The number of aromatic nitrogens is 2. The first kappa shape index (κ1) is 11.8. The van der Waals surface area contributed by atoms with Gasteiger partial charge in [0.2, 0.25) is 0 Å². The number of hydrogen-bond donors (Lipinski definition) is 1. The van der Waals surface area contributed by atoms with E-state index in [0.717, 1.165) is 22.0 Å². The lowest BCUT2D eigenvalue weighted by Crippen LogP contribution is -2.05. The van der Waals surface area contributed by atoms with Crippen LogP contribution >= 0.6 is 0 Å². The van der Waals surface area contributed by atoms with Crippen molar-refractivity contribution < 1.29 is 5.11 Å². The molecule has 1 unspecified atom stereocenters. The maximum atomic E-state index is 10.6. The smallest absolute Gasteiger partial charge is 0.123 e. The zero-order valence-corrected chi connectivity index (χ0v) is 10.6. The number of nitrogens with zero attached hydrogens (tertiary/aromatic N) is 2. The highest BCUT2D eigenvalue weighted by molar-refractivity contribution is 5.82. The molecule has 0 aliphatic carbocycles. The van der Waals surface area contributed by atoms with Crippen LogP contribution in [0, 0.1) is 6.92 Å². The van der Waals surface area contributed by atoms with Crippen molar-refractivity contribution in [3.8, 4) is 0 Å². The van der Waals surface area contributed by atoms with E-state index in [2.05, 4.69) is 9.97 Å². The van der Waals surface area contributed by atoms with Crippen molar-refractivity contribution in [1.82, 2.24) is 9.97 Å². The molecular formula is C16H14N2O. The third-order valence-electron chi connectivity index (χ3n) is 3.27. The standard InChI is InChI=1S/C16H14N2O/c1-11-5-3-9-17-14(11)16(19)13-8-2-6-12-7-4-10-18-15(12)13/h2-10,16,19H,1H3. The van der Waals surface area contributed by atoms with Crippen LogP contribution in [0.4, 0.5) is 0 Å². The van der Waals surface area contributed by atoms with Gasteiger partial charge in [0, 0.05) is 23.3 Å². The summed E-state index contributed by atoms with van der Waals surface area (Å²) in [5.74, 6) is 0. The van der Waals surface area contributed by atoms with Gasteiger partial charge in [0.15, 0.2) is 0 Å². The van der Waals surface area contributed by atoms with Gasteiger partial charge in [-0.15, -0.1) is 0 Å². The van der Waals surface area contributed by atoms with Crippen molar-refractivity contribution in [1.29, 1.82) is 0 Å². The van der Waals surface area contributed by atoms with Gasteiger partial charge in [-0.3, -0.25) is 9.97 Å². The number of para-hydroxylation sites is 1. The summed E-state index contributed by atoms with van der Waals surface area (Å²) in [7, 11) is 0. The van der Waals surface area contributed by atoms with Crippen molar-refractivity contribution in [2.24, 2.45) is 0 Å². The van der Waals surface area contributed by atoms with Gasteiger partial charge in [-0.05, 0) is 24.6 Å². The maximum absolute atomic E-state index is 10.6. The predicted molar refractivity (Wildman–Crippen MR) is 74.8 cm³/mol. The Balaban J connectivity index is 2.17. The van der Waals surface area contributed by atoms with E-state index in [4.69, 9.17) is 0 Å². The number of aliphatic hydroxyl groups is 1. The van der Waals surface area contributed by atoms with Crippen molar-refractivity contribution in [2.75, 3.05) is 0 Å². The highest BCUT2D eigenvalue weighted by Crippen LogP contribution is 2.27. The summed E-state index contributed by atoms with van der Waals surface area (Å²) in [6, 6.07) is 13.5. The molecule has 0 saturated carbocycles. The molecule has 0 saturated heterocycles. The lowest BCUT2D eigenvalue weighted by molar-refractivity contribution is 0.216. The summed E-state index contributed by atoms with van der Waals surface area (Å²) in [4.78, 5) is 8.65. The first-order chi connectivity index (χ1) is 9.27. The quantitative estimate of drug-likeness (QED) is 0.760. The van der Waals surface area contributed by atoms with Crippen molar-refractivity contribution in [2.45, 2.75) is 13.0 Å². The second-order valence-electron chi connectivity index (χ2n) is 4.53. The molecule has 0 aliphatic heterocycles. The lowest BCUT2D eigenvalue weighted by Gasteiger charge is -2.14. The number of hydrogen-bond acceptors (Lipinski definition) is 3. The first-order valence-electron chi connectivity index (χ1n) is 6.20. The summed E-state index contributed by atoms with van der Waals surface area (Å²) in [6.45, 7) is 1.95. The van der Waals surface area contributed by atoms with E-state index >= 15 is 0 Å². The Bertz CT molecular complexity index is 719. The van der Waals surface area contributed by atoms with E-state index in [1.807, 2.05) is 49.4 Å². The molecule has 1 aromatic carbocycles. The van der Waals surface area contributed by atoms with Gasteiger partial charge in [-0.25, -0.2) is 0 Å². The summed E-state index contributed by atoms with van der Waals surface area (Å²) in [5.41, 5.74) is 3.27. The third-order valence-corrected chi connectivity index (χ3v) is 3.27.